The van der Waals surface area contributed by atoms with Crippen molar-refractivity contribution in [3.05, 3.63) is 33.8 Å². The summed E-state index contributed by atoms with van der Waals surface area (Å²) in [5.74, 6) is -1.27. The molecule has 7 nitrogen and oxygen atoms in total. The number of fused-ring (bicyclic) bond motifs is 1. The number of nitrogens with zero attached hydrogens (tertiary/aromatic N) is 1. The first-order valence-corrected chi connectivity index (χ1v) is 6.80. The van der Waals surface area contributed by atoms with Crippen LogP contribution in [0.2, 0.25) is 5.02 Å². The summed E-state index contributed by atoms with van der Waals surface area (Å²) in [6.07, 6.45) is 1.85. The van der Waals surface area contributed by atoms with E-state index in [0.29, 0.717) is 16.1 Å². The predicted molar refractivity (Wildman–Crippen MR) is 75.2 cm³/mol. The van der Waals surface area contributed by atoms with Gasteiger partial charge < -0.3 is 9.73 Å². The van der Waals surface area contributed by atoms with Crippen LogP contribution in [0.1, 0.15) is 12.8 Å². The normalized spacial score (nSPS) is 14.1. The van der Waals surface area contributed by atoms with Crippen LogP contribution < -0.4 is 16.4 Å². The molecule has 0 spiro atoms. The average Bonchev–Trinajstić information content (AvgIpc) is 3.15. The monoisotopic (exact) mass is 309 g/mol. The maximum atomic E-state index is 11.8. The Hall–Kier alpha value is -2.28. The highest BCUT2D eigenvalue weighted by Crippen LogP contribution is 2.19. The first-order chi connectivity index (χ1) is 10.0. The fourth-order valence-electron chi connectivity index (χ4n) is 1.95. The van der Waals surface area contributed by atoms with Gasteiger partial charge in [0.2, 0.25) is 5.91 Å². The van der Waals surface area contributed by atoms with Crippen molar-refractivity contribution in [3.8, 4) is 0 Å². The second-order valence-electron chi connectivity index (χ2n) is 4.86. The van der Waals surface area contributed by atoms with Gasteiger partial charge >= 0.3 is 11.8 Å². The fraction of sp³-hybridized carbons (Fsp3) is 0.308. The molecule has 1 aromatic carbocycles. The Morgan fingerprint density at radius 1 is 1.38 bits per heavy atom. The zero-order valence-corrected chi connectivity index (χ0v) is 11.6. The van der Waals surface area contributed by atoms with Crippen LogP contribution >= 0.6 is 11.6 Å². The van der Waals surface area contributed by atoms with Crippen LogP contribution in [-0.2, 0) is 11.3 Å². The molecular weight excluding hydrogens is 298 g/mol. The first kappa shape index (κ1) is 13.7. The number of rotatable bonds is 3. The van der Waals surface area contributed by atoms with Gasteiger partial charge in [-0.3, -0.25) is 14.7 Å². The minimum Gasteiger partial charge on any atom is -0.408 e. The highest BCUT2D eigenvalue weighted by Gasteiger charge is 2.24. The molecule has 21 heavy (non-hydrogen) atoms. The zero-order chi connectivity index (χ0) is 15.0. The summed E-state index contributed by atoms with van der Waals surface area (Å²) in [4.78, 5) is 35.0. The van der Waals surface area contributed by atoms with E-state index in [4.69, 9.17) is 16.0 Å². The number of hydrogen-bond donors (Lipinski definition) is 2. The van der Waals surface area contributed by atoms with Gasteiger partial charge in [0.15, 0.2) is 5.58 Å². The largest absolute Gasteiger partial charge is 0.420 e. The average molecular weight is 310 g/mol. The van der Waals surface area contributed by atoms with Crippen LogP contribution in [-0.4, -0.2) is 22.5 Å². The van der Waals surface area contributed by atoms with Crippen molar-refractivity contribution in [2.45, 2.75) is 25.4 Å². The van der Waals surface area contributed by atoms with E-state index < -0.39 is 17.7 Å². The molecule has 0 bridgehead atoms. The Bertz CT molecular complexity index is 775. The summed E-state index contributed by atoms with van der Waals surface area (Å²) in [7, 11) is 0. The van der Waals surface area contributed by atoms with Crippen LogP contribution in [0.3, 0.4) is 0 Å². The number of amides is 3. The minimum absolute atomic E-state index is 0.150. The van der Waals surface area contributed by atoms with Crippen LogP contribution in [0.15, 0.2) is 27.4 Å². The van der Waals surface area contributed by atoms with E-state index in [-0.39, 0.29) is 12.6 Å². The van der Waals surface area contributed by atoms with Crippen molar-refractivity contribution in [2.24, 2.45) is 0 Å². The molecule has 0 aliphatic heterocycles. The van der Waals surface area contributed by atoms with Crippen molar-refractivity contribution in [2.75, 3.05) is 0 Å². The lowest BCUT2D eigenvalue weighted by Crippen LogP contribution is -2.42. The molecule has 0 saturated heterocycles. The number of imide groups is 1. The minimum atomic E-state index is -0.676. The molecule has 2 N–H and O–H groups in total. The van der Waals surface area contributed by atoms with E-state index in [2.05, 4.69) is 10.6 Å². The number of benzene rings is 1. The zero-order valence-electron chi connectivity index (χ0n) is 10.9. The van der Waals surface area contributed by atoms with Gasteiger partial charge in [0, 0.05) is 17.1 Å². The molecule has 0 atom stereocenters. The molecule has 1 aliphatic rings. The highest BCUT2D eigenvalue weighted by molar-refractivity contribution is 6.31. The molecule has 1 fully saturated rings. The van der Waals surface area contributed by atoms with E-state index in [1.165, 1.54) is 6.07 Å². The van der Waals surface area contributed by atoms with Crippen LogP contribution in [0.4, 0.5) is 4.79 Å². The molecule has 110 valence electrons. The quantitative estimate of drug-likeness (QED) is 0.892. The van der Waals surface area contributed by atoms with Gasteiger partial charge in [0.05, 0.1) is 5.52 Å². The van der Waals surface area contributed by atoms with E-state index in [1.807, 2.05) is 0 Å². The Labute approximate surface area is 123 Å². The maximum Gasteiger partial charge on any atom is 0.420 e. The topological polar surface area (TPSA) is 93.3 Å². The van der Waals surface area contributed by atoms with Gasteiger partial charge in [0.25, 0.3) is 0 Å². The highest BCUT2D eigenvalue weighted by atomic mass is 35.5. The molecule has 0 radical (unpaired) electrons. The van der Waals surface area contributed by atoms with E-state index in [0.717, 1.165) is 17.4 Å². The van der Waals surface area contributed by atoms with Gasteiger partial charge in [-0.2, -0.15) is 0 Å². The summed E-state index contributed by atoms with van der Waals surface area (Å²) >= 11 is 5.81. The van der Waals surface area contributed by atoms with Crippen molar-refractivity contribution < 1.29 is 14.0 Å². The molecule has 3 amide bonds. The number of oxazole rings is 1. The molecule has 8 heteroatoms. The van der Waals surface area contributed by atoms with Crippen LogP contribution in [0.25, 0.3) is 11.1 Å². The van der Waals surface area contributed by atoms with Gasteiger partial charge in [-0.25, -0.2) is 9.59 Å². The van der Waals surface area contributed by atoms with Crippen molar-refractivity contribution in [1.82, 2.24) is 15.2 Å². The fourth-order valence-corrected chi connectivity index (χ4v) is 2.11. The van der Waals surface area contributed by atoms with E-state index in [9.17, 15) is 14.4 Å². The number of nitrogens with one attached hydrogen (secondary N) is 2. The molecule has 1 heterocycles. The van der Waals surface area contributed by atoms with Crippen molar-refractivity contribution in [3.63, 3.8) is 0 Å². The molecule has 0 unspecified atom stereocenters. The summed E-state index contributed by atoms with van der Waals surface area (Å²) in [5, 5.41) is 5.23. The predicted octanol–water partition coefficient (Wildman–Crippen LogP) is 1.24. The number of urea groups is 1. The Balaban J connectivity index is 1.74. The summed E-state index contributed by atoms with van der Waals surface area (Å²) < 4.78 is 6.15. The third-order valence-electron chi connectivity index (χ3n) is 3.10. The number of carbonyl (C=O) groups excluding carboxylic acids is 2. The van der Waals surface area contributed by atoms with E-state index >= 15 is 0 Å². The second kappa shape index (κ2) is 5.25. The van der Waals surface area contributed by atoms with Crippen molar-refractivity contribution in [1.29, 1.82) is 0 Å². The molecule has 1 aromatic heterocycles. The summed E-state index contributed by atoms with van der Waals surface area (Å²) in [5.41, 5.74) is 0.741. The number of carbonyl (C=O) groups is 2. The number of aromatic nitrogens is 1. The summed E-state index contributed by atoms with van der Waals surface area (Å²) in [6.45, 7) is -0.300. The van der Waals surface area contributed by atoms with Gasteiger partial charge in [-0.1, -0.05) is 11.6 Å². The Kier molecular flexibility index (Phi) is 3.42. The first-order valence-electron chi connectivity index (χ1n) is 6.42. The third-order valence-corrected chi connectivity index (χ3v) is 3.33. The summed E-state index contributed by atoms with van der Waals surface area (Å²) in [6, 6.07) is 4.27. The standard InChI is InChI=1S/C13H12ClN3O4/c14-7-1-4-9-10(5-7)21-13(20)17(9)6-11(18)16-12(19)15-8-2-3-8/h1,4-5,8H,2-3,6H2,(H2,15,16,18,19). The lowest BCUT2D eigenvalue weighted by molar-refractivity contribution is -0.120. The Morgan fingerprint density at radius 2 is 2.14 bits per heavy atom. The van der Waals surface area contributed by atoms with Gasteiger partial charge in [-0.15, -0.1) is 0 Å². The number of hydrogen-bond acceptors (Lipinski definition) is 4. The van der Waals surface area contributed by atoms with Crippen LogP contribution in [0, 0.1) is 0 Å². The third kappa shape index (κ3) is 3.08. The van der Waals surface area contributed by atoms with Gasteiger partial charge in [-0.05, 0) is 25.0 Å². The lowest BCUT2D eigenvalue weighted by atomic mass is 10.3. The molecule has 1 saturated carbocycles. The lowest BCUT2D eigenvalue weighted by Gasteiger charge is -2.05. The molecule has 3 rings (SSSR count). The Morgan fingerprint density at radius 3 is 2.86 bits per heavy atom. The van der Waals surface area contributed by atoms with Gasteiger partial charge in [0.1, 0.15) is 6.54 Å². The maximum absolute atomic E-state index is 11.8. The molecule has 2 aromatic rings. The molecular formula is C13H12ClN3O4. The molecule has 1 aliphatic carbocycles. The smallest absolute Gasteiger partial charge is 0.408 e. The second-order valence-corrected chi connectivity index (χ2v) is 5.30. The van der Waals surface area contributed by atoms with Crippen molar-refractivity contribution >= 4 is 34.6 Å². The number of halogens is 1. The van der Waals surface area contributed by atoms with E-state index in [1.54, 1.807) is 12.1 Å². The SMILES string of the molecule is O=C(Cn1c(=O)oc2cc(Cl)ccc21)NC(=O)NC1CC1. The van der Waals surface area contributed by atoms with Crippen LogP contribution in [0.5, 0.6) is 0 Å².